The molecular formula is C18H23F2N5. The first-order valence-corrected chi connectivity index (χ1v) is 8.95. The minimum Gasteiger partial charge on any atom is -0.360 e. The van der Waals surface area contributed by atoms with Crippen LogP contribution in [0.25, 0.3) is 11.4 Å². The number of H-pyrrole nitrogens is 1. The second kappa shape index (κ2) is 6.71. The molecule has 25 heavy (non-hydrogen) atoms. The molecule has 1 saturated carbocycles. The highest BCUT2D eigenvalue weighted by Gasteiger charge is 2.36. The smallest absolute Gasteiger partial charge is 0.248 e. The molecule has 0 amide bonds. The number of nitrogens with zero attached hydrogens (tertiary/aromatic N) is 3. The van der Waals surface area contributed by atoms with E-state index in [4.69, 9.17) is 0 Å². The monoisotopic (exact) mass is 347 g/mol. The van der Waals surface area contributed by atoms with Crippen LogP contribution in [0.4, 0.5) is 14.7 Å². The standard InChI is InChI=1S/C18H23F2N5/c19-18(20)7-3-13(4-8-18)23-14-6-11-25(12-14)17-22-10-5-16(24-17)15-2-1-9-21-15/h1-2,5,9-10,13-14,21,23H,3-4,6-8,11-12H2. The zero-order valence-electron chi connectivity index (χ0n) is 14.1. The molecule has 2 aromatic rings. The number of hydrogen-bond donors (Lipinski definition) is 2. The minimum atomic E-state index is -2.47. The molecule has 2 N–H and O–H groups in total. The fourth-order valence-electron chi connectivity index (χ4n) is 3.76. The number of alkyl halides is 2. The first-order chi connectivity index (χ1) is 12.1. The van der Waals surface area contributed by atoms with E-state index in [1.54, 1.807) is 6.20 Å². The Morgan fingerprint density at radius 3 is 2.76 bits per heavy atom. The Morgan fingerprint density at radius 2 is 2.00 bits per heavy atom. The van der Waals surface area contributed by atoms with Crippen LogP contribution in [0.15, 0.2) is 30.6 Å². The van der Waals surface area contributed by atoms with Gasteiger partial charge in [-0.3, -0.25) is 0 Å². The fourth-order valence-corrected chi connectivity index (χ4v) is 3.76. The predicted molar refractivity (Wildman–Crippen MR) is 92.8 cm³/mol. The average Bonchev–Trinajstić information content (AvgIpc) is 3.29. The summed E-state index contributed by atoms with van der Waals surface area (Å²) in [6.45, 7) is 1.70. The first-order valence-electron chi connectivity index (χ1n) is 8.95. The van der Waals surface area contributed by atoms with Gasteiger partial charge in [0.15, 0.2) is 0 Å². The fraction of sp³-hybridized carbons (Fsp3) is 0.556. The molecule has 2 aromatic heterocycles. The molecule has 7 heteroatoms. The van der Waals surface area contributed by atoms with E-state index in [2.05, 4.69) is 25.2 Å². The molecule has 4 rings (SSSR count). The van der Waals surface area contributed by atoms with Crippen molar-refractivity contribution in [3.63, 3.8) is 0 Å². The molecule has 2 fully saturated rings. The van der Waals surface area contributed by atoms with Crippen LogP contribution >= 0.6 is 0 Å². The summed E-state index contributed by atoms with van der Waals surface area (Å²) < 4.78 is 26.5. The molecule has 1 aliphatic carbocycles. The number of rotatable bonds is 4. The van der Waals surface area contributed by atoms with Gasteiger partial charge in [-0.05, 0) is 37.5 Å². The summed E-state index contributed by atoms with van der Waals surface area (Å²) in [6.07, 6.45) is 5.77. The summed E-state index contributed by atoms with van der Waals surface area (Å²) in [5.74, 6) is -1.74. The summed E-state index contributed by atoms with van der Waals surface area (Å²) >= 11 is 0. The molecule has 2 aliphatic rings. The van der Waals surface area contributed by atoms with Gasteiger partial charge in [-0.15, -0.1) is 0 Å². The highest BCUT2D eigenvalue weighted by molar-refractivity contribution is 5.55. The number of hydrogen-bond acceptors (Lipinski definition) is 4. The van der Waals surface area contributed by atoms with E-state index in [1.807, 2.05) is 24.4 Å². The van der Waals surface area contributed by atoms with Crippen LogP contribution in [0.3, 0.4) is 0 Å². The summed E-state index contributed by atoms with van der Waals surface area (Å²) in [6, 6.07) is 6.34. The van der Waals surface area contributed by atoms with Gasteiger partial charge in [0.1, 0.15) is 0 Å². The molecule has 0 radical (unpaired) electrons. The third-order valence-electron chi connectivity index (χ3n) is 5.18. The second-order valence-corrected chi connectivity index (χ2v) is 7.05. The molecular weight excluding hydrogens is 324 g/mol. The Hall–Kier alpha value is -2.02. The second-order valence-electron chi connectivity index (χ2n) is 7.05. The van der Waals surface area contributed by atoms with Crippen LogP contribution in [0, 0.1) is 0 Å². The van der Waals surface area contributed by atoms with Gasteiger partial charge < -0.3 is 15.2 Å². The van der Waals surface area contributed by atoms with Gasteiger partial charge in [0.2, 0.25) is 11.9 Å². The Labute approximate surface area is 145 Å². The Bertz CT molecular complexity index is 693. The van der Waals surface area contributed by atoms with E-state index in [0.717, 1.165) is 36.8 Å². The van der Waals surface area contributed by atoms with Gasteiger partial charge in [0.05, 0.1) is 11.4 Å². The van der Waals surface area contributed by atoms with Crippen LogP contribution in [-0.4, -0.2) is 46.0 Å². The molecule has 0 bridgehead atoms. The Morgan fingerprint density at radius 1 is 1.16 bits per heavy atom. The van der Waals surface area contributed by atoms with Gasteiger partial charge in [-0.25, -0.2) is 18.7 Å². The number of aromatic amines is 1. The first kappa shape index (κ1) is 16.4. The summed E-state index contributed by atoms with van der Waals surface area (Å²) in [5, 5.41) is 3.56. The van der Waals surface area contributed by atoms with E-state index in [9.17, 15) is 8.78 Å². The summed E-state index contributed by atoms with van der Waals surface area (Å²) in [4.78, 5) is 14.4. The van der Waals surface area contributed by atoms with Crippen molar-refractivity contribution < 1.29 is 8.78 Å². The van der Waals surface area contributed by atoms with Crippen LogP contribution < -0.4 is 10.2 Å². The third kappa shape index (κ3) is 3.81. The van der Waals surface area contributed by atoms with Crippen molar-refractivity contribution in [3.05, 3.63) is 30.6 Å². The van der Waals surface area contributed by atoms with Crippen molar-refractivity contribution in [1.82, 2.24) is 20.3 Å². The van der Waals surface area contributed by atoms with Crippen molar-refractivity contribution in [2.45, 2.75) is 50.1 Å². The van der Waals surface area contributed by atoms with E-state index in [0.29, 0.717) is 18.9 Å². The zero-order valence-corrected chi connectivity index (χ0v) is 14.1. The highest BCUT2D eigenvalue weighted by atomic mass is 19.3. The maximum Gasteiger partial charge on any atom is 0.248 e. The normalized spacial score (nSPS) is 23.9. The quantitative estimate of drug-likeness (QED) is 0.892. The summed E-state index contributed by atoms with van der Waals surface area (Å²) in [5.41, 5.74) is 1.85. The maximum absolute atomic E-state index is 13.3. The van der Waals surface area contributed by atoms with Crippen LogP contribution in [-0.2, 0) is 0 Å². The Kier molecular flexibility index (Phi) is 4.41. The van der Waals surface area contributed by atoms with Crippen molar-refractivity contribution in [3.8, 4) is 11.4 Å². The minimum absolute atomic E-state index is 0.00239. The van der Waals surface area contributed by atoms with E-state index < -0.39 is 5.92 Å². The topological polar surface area (TPSA) is 56.8 Å². The van der Waals surface area contributed by atoms with Crippen molar-refractivity contribution in [1.29, 1.82) is 0 Å². The zero-order chi connectivity index (χ0) is 17.3. The van der Waals surface area contributed by atoms with Crippen LogP contribution in [0.2, 0.25) is 0 Å². The SMILES string of the molecule is FC1(F)CCC(NC2CCN(c3nccc(-c4ccc[nH]4)n3)C2)CC1. The third-order valence-corrected chi connectivity index (χ3v) is 5.18. The van der Waals surface area contributed by atoms with Crippen LogP contribution in [0.5, 0.6) is 0 Å². The molecule has 1 unspecified atom stereocenters. The molecule has 1 saturated heterocycles. The molecule has 0 spiro atoms. The van der Waals surface area contributed by atoms with Crippen LogP contribution in [0.1, 0.15) is 32.1 Å². The maximum atomic E-state index is 13.3. The Balaban J connectivity index is 1.36. The van der Waals surface area contributed by atoms with Crippen molar-refractivity contribution in [2.75, 3.05) is 18.0 Å². The van der Waals surface area contributed by atoms with Crippen molar-refractivity contribution >= 4 is 5.95 Å². The predicted octanol–water partition coefficient (Wildman–Crippen LogP) is 3.22. The lowest BCUT2D eigenvalue weighted by Gasteiger charge is -2.31. The highest BCUT2D eigenvalue weighted by Crippen LogP contribution is 2.33. The number of aromatic nitrogens is 3. The average molecular weight is 347 g/mol. The van der Waals surface area contributed by atoms with Gasteiger partial charge >= 0.3 is 0 Å². The molecule has 134 valence electrons. The lowest BCUT2D eigenvalue weighted by atomic mass is 9.91. The molecule has 3 heterocycles. The van der Waals surface area contributed by atoms with Crippen molar-refractivity contribution in [2.24, 2.45) is 0 Å². The summed E-state index contributed by atoms with van der Waals surface area (Å²) in [7, 11) is 0. The number of halogens is 2. The van der Waals surface area contributed by atoms with E-state index in [-0.39, 0.29) is 18.9 Å². The van der Waals surface area contributed by atoms with Gasteiger partial charge in [-0.2, -0.15) is 0 Å². The molecule has 5 nitrogen and oxygen atoms in total. The number of anilines is 1. The van der Waals surface area contributed by atoms with Gasteiger partial charge in [0, 0.05) is 50.4 Å². The largest absolute Gasteiger partial charge is 0.360 e. The van der Waals surface area contributed by atoms with Gasteiger partial charge in [0.25, 0.3) is 0 Å². The molecule has 1 atom stereocenters. The lowest BCUT2D eigenvalue weighted by Crippen LogP contribution is -2.43. The molecule has 0 aromatic carbocycles. The van der Waals surface area contributed by atoms with E-state index in [1.165, 1.54) is 0 Å². The van der Waals surface area contributed by atoms with Gasteiger partial charge in [-0.1, -0.05) is 0 Å². The lowest BCUT2D eigenvalue weighted by molar-refractivity contribution is -0.0410. The number of nitrogens with one attached hydrogen (secondary N) is 2. The molecule has 1 aliphatic heterocycles. The van der Waals surface area contributed by atoms with E-state index >= 15 is 0 Å².